The Morgan fingerprint density at radius 3 is 2.61 bits per heavy atom. The third-order valence-corrected chi connectivity index (χ3v) is 2.20. The Labute approximate surface area is 106 Å². The Hall–Kier alpha value is -2.30. The molecule has 0 fully saturated rings. The zero-order valence-electron chi connectivity index (χ0n) is 10.8. The molecule has 0 aliphatic heterocycles. The number of anilines is 1. The second kappa shape index (κ2) is 6.44. The maximum atomic E-state index is 11.3. The topological polar surface area (TPSA) is 70.1 Å². The van der Waals surface area contributed by atoms with Crippen molar-refractivity contribution in [1.29, 1.82) is 0 Å². The fourth-order valence-electron chi connectivity index (χ4n) is 1.42. The lowest BCUT2D eigenvalue weighted by Crippen LogP contribution is -2.05. The number of carbonyl (C=O) groups excluding carboxylic acids is 1. The molecule has 0 saturated heterocycles. The van der Waals surface area contributed by atoms with E-state index in [0.29, 0.717) is 11.3 Å². The van der Waals surface area contributed by atoms with E-state index in [1.54, 1.807) is 41.3 Å². The number of hydrogen-bond acceptors (Lipinski definition) is 4. The molecule has 5 nitrogen and oxygen atoms in total. The summed E-state index contributed by atoms with van der Waals surface area (Å²) in [5, 5.41) is 4.06. The van der Waals surface area contributed by atoms with Gasteiger partial charge in [0.25, 0.3) is 0 Å². The lowest BCUT2D eigenvalue weighted by molar-refractivity contribution is 0.0601. The van der Waals surface area contributed by atoms with Crippen LogP contribution in [0.15, 0.2) is 36.7 Å². The van der Waals surface area contributed by atoms with Gasteiger partial charge in [-0.1, -0.05) is 13.8 Å². The summed E-state index contributed by atoms with van der Waals surface area (Å²) in [5.74, 6) is -0.404. The number of benzene rings is 1. The molecular weight excluding hydrogens is 230 g/mol. The number of methoxy groups -OCH3 is 1. The van der Waals surface area contributed by atoms with Gasteiger partial charge in [0.1, 0.15) is 0 Å². The number of aromatic nitrogens is 2. The van der Waals surface area contributed by atoms with E-state index >= 15 is 0 Å². The third-order valence-electron chi connectivity index (χ3n) is 2.20. The largest absolute Gasteiger partial charge is 0.465 e. The monoisotopic (exact) mass is 247 g/mol. The molecule has 0 radical (unpaired) electrons. The Bertz CT molecular complexity index is 507. The first-order chi connectivity index (χ1) is 8.72. The van der Waals surface area contributed by atoms with Crippen molar-refractivity contribution in [2.24, 2.45) is 0 Å². The summed E-state index contributed by atoms with van der Waals surface area (Å²) in [6, 6.07) is 6.75. The molecule has 96 valence electrons. The fourth-order valence-corrected chi connectivity index (χ4v) is 1.42. The molecule has 2 N–H and O–H groups in total. The molecule has 0 unspecified atom stereocenters. The lowest BCUT2D eigenvalue weighted by atomic mass is 10.2. The van der Waals surface area contributed by atoms with Crippen molar-refractivity contribution in [1.82, 2.24) is 9.78 Å². The van der Waals surface area contributed by atoms with Gasteiger partial charge in [-0.05, 0) is 24.3 Å². The minimum atomic E-state index is -0.404. The normalized spacial score (nSPS) is 9.28. The molecule has 0 bridgehead atoms. The van der Waals surface area contributed by atoms with E-state index in [2.05, 4.69) is 9.84 Å². The smallest absolute Gasteiger partial charge is 0.337 e. The van der Waals surface area contributed by atoms with Crippen LogP contribution in [0.3, 0.4) is 0 Å². The molecule has 1 aromatic carbocycles. The van der Waals surface area contributed by atoms with Crippen LogP contribution >= 0.6 is 0 Å². The van der Waals surface area contributed by atoms with Gasteiger partial charge in [-0.15, -0.1) is 0 Å². The van der Waals surface area contributed by atoms with Gasteiger partial charge in [-0.25, -0.2) is 9.48 Å². The number of nitrogens with zero attached hydrogens (tertiary/aromatic N) is 2. The van der Waals surface area contributed by atoms with Gasteiger partial charge in [-0.3, -0.25) is 0 Å². The van der Waals surface area contributed by atoms with Gasteiger partial charge < -0.3 is 10.5 Å². The molecule has 2 rings (SSSR count). The molecule has 0 amide bonds. The molecule has 18 heavy (non-hydrogen) atoms. The van der Waals surface area contributed by atoms with E-state index in [4.69, 9.17) is 5.73 Å². The first kappa shape index (κ1) is 13.8. The van der Waals surface area contributed by atoms with Crippen LogP contribution < -0.4 is 5.73 Å². The SMILES string of the molecule is CC.COC(=O)c1ccc(-n2cccn2)c(N)c1. The number of nitrogens with two attached hydrogens (primary N) is 1. The van der Waals surface area contributed by atoms with Gasteiger partial charge in [0.15, 0.2) is 0 Å². The van der Waals surface area contributed by atoms with Crippen molar-refractivity contribution in [3.63, 3.8) is 0 Å². The molecular formula is C13H17N3O2. The van der Waals surface area contributed by atoms with E-state index in [9.17, 15) is 4.79 Å². The van der Waals surface area contributed by atoms with Gasteiger partial charge in [-0.2, -0.15) is 5.10 Å². The van der Waals surface area contributed by atoms with Gasteiger partial charge >= 0.3 is 5.97 Å². The van der Waals surface area contributed by atoms with Crippen LogP contribution in [0.4, 0.5) is 5.69 Å². The van der Waals surface area contributed by atoms with Crippen LogP contribution in [-0.4, -0.2) is 22.9 Å². The highest BCUT2D eigenvalue weighted by Crippen LogP contribution is 2.18. The highest BCUT2D eigenvalue weighted by molar-refractivity contribution is 5.91. The predicted molar refractivity (Wildman–Crippen MR) is 70.7 cm³/mol. The molecule has 2 aromatic rings. The van der Waals surface area contributed by atoms with Crippen LogP contribution in [0.1, 0.15) is 24.2 Å². The van der Waals surface area contributed by atoms with Crippen LogP contribution in [0, 0.1) is 0 Å². The molecule has 0 saturated carbocycles. The van der Waals surface area contributed by atoms with Crippen molar-refractivity contribution in [3.05, 3.63) is 42.2 Å². The van der Waals surface area contributed by atoms with Crippen molar-refractivity contribution in [2.75, 3.05) is 12.8 Å². The first-order valence-corrected chi connectivity index (χ1v) is 5.70. The number of carbonyl (C=O) groups is 1. The maximum Gasteiger partial charge on any atom is 0.337 e. The standard InChI is InChI=1S/C11H11N3O2.C2H6/c1-16-11(15)8-3-4-10(9(12)7-8)14-6-2-5-13-14;1-2/h2-7H,12H2,1H3;1-2H3. The molecule has 0 spiro atoms. The Kier molecular flexibility index (Phi) is 4.92. The fraction of sp³-hybridized carbons (Fsp3) is 0.231. The van der Waals surface area contributed by atoms with Crippen molar-refractivity contribution < 1.29 is 9.53 Å². The summed E-state index contributed by atoms with van der Waals surface area (Å²) in [6.07, 6.45) is 3.44. The molecule has 0 atom stereocenters. The number of hydrogen-bond donors (Lipinski definition) is 1. The number of esters is 1. The minimum absolute atomic E-state index is 0.404. The van der Waals surface area contributed by atoms with Gasteiger partial charge in [0, 0.05) is 12.4 Å². The van der Waals surface area contributed by atoms with E-state index in [-0.39, 0.29) is 0 Å². The Morgan fingerprint density at radius 1 is 1.39 bits per heavy atom. The average molecular weight is 247 g/mol. The third kappa shape index (κ3) is 2.88. The zero-order valence-corrected chi connectivity index (χ0v) is 10.8. The molecule has 0 aliphatic rings. The molecule has 1 heterocycles. The highest BCUT2D eigenvalue weighted by Gasteiger charge is 2.08. The van der Waals surface area contributed by atoms with Crippen molar-refractivity contribution in [3.8, 4) is 5.69 Å². The molecule has 1 aromatic heterocycles. The van der Waals surface area contributed by atoms with Gasteiger partial charge in [0.2, 0.25) is 0 Å². The minimum Gasteiger partial charge on any atom is -0.465 e. The zero-order chi connectivity index (χ0) is 13.5. The Morgan fingerprint density at radius 2 is 2.11 bits per heavy atom. The van der Waals surface area contributed by atoms with Crippen LogP contribution in [0.2, 0.25) is 0 Å². The highest BCUT2D eigenvalue weighted by atomic mass is 16.5. The summed E-state index contributed by atoms with van der Waals surface area (Å²) < 4.78 is 6.24. The molecule has 0 aliphatic carbocycles. The first-order valence-electron chi connectivity index (χ1n) is 5.70. The van der Waals surface area contributed by atoms with E-state index < -0.39 is 5.97 Å². The summed E-state index contributed by atoms with van der Waals surface area (Å²) in [4.78, 5) is 11.3. The lowest BCUT2D eigenvalue weighted by Gasteiger charge is -2.07. The second-order valence-electron chi connectivity index (χ2n) is 3.22. The van der Waals surface area contributed by atoms with Crippen LogP contribution in [0.25, 0.3) is 5.69 Å². The second-order valence-corrected chi connectivity index (χ2v) is 3.22. The summed E-state index contributed by atoms with van der Waals surface area (Å²) in [7, 11) is 1.33. The number of ether oxygens (including phenoxy) is 1. The summed E-state index contributed by atoms with van der Waals surface area (Å²) in [6.45, 7) is 4.00. The van der Waals surface area contributed by atoms with Crippen LogP contribution in [0.5, 0.6) is 0 Å². The number of rotatable bonds is 2. The predicted octanol–water partition coefficient (Wildman–Crippen LogP) is 2.27. The number of nitrogen functional groups attached to an aromatic ring is 1. The van der Waals surface area contributed by atoms with E-state index in [0.717, 1.165) is 5.69 Å². The van der Waals surface area contributed by atoms with E-state index in [1.165, 1.54) is 7.11 Å². The Balaban J connectivity index is 0.000000771. The summed E-state index contributed by atoms with van der Waals surface area (Å²) >= 11 is 0. The summed E-state index contributed by atoms with van der Waals surface area (Å²) in [5.41, 5.74) is 7.48. The van der Waals surface area contributed by atoms with Crippen molar-refractivity contribution >= 4 is 11.7 Å². The van der Waals surface area contributed by atoms with Crippen molar-refractivity contribution in [2.45, 2.75) is 13.8 Å². The quantitative estimate of drug-likeness (QED) is 0.652. The van der Waals surface area contributed by atoms with Gasteiger partial charge in [0.05, 0.1) is 24.0 Å². The van der Waals surface area contributed by atoms with E-state index in [1.807, 2.05) is 13.8 Å². The van der Waals surface area contributed by atoms with Crippen LogP contribution in [-0.2, 0) is 4.74 Å². The average Bonchev–Trinajstić information content (AvgIpc) is 2.93. The molecule has 5 heteroatoms. The maximum absolute atomic E-state index is 11.3.